The van der Waals surface area contributed by atoms with Crippen LogP contribution in [0.2, 0.25) is 5.02 Å². The number of nitrogens with one attached hydrogen (secondary N) is 2. The predicted molar refractivity (Wildman–Crippen MR) is 122 cm³/mol. The molecule has 0 saturated carbocycles. The van der Waals surface area contributed by atoms with E-state index in [2.05, 4.69) is 25.5 Å². The first-order valence-corrected chi connectivity index (χ1v) is 10.7. The van der Waals surface area contributed by atoms with E-state index in [-0.39, 0.29) is 18.4 Å². The van der Waals surface area contributed by atoms with Gasteiger partial charge in [0, 0.05) is 45.6 Å². The number of nitrogens with zero attached hydrogens (tertiary/aromatic N) is 3. The molecule has 0 radical (unpaired) electrons. The van der Waals surface area contributed by atoms with Crippen molar-refractivity contribution in [2.45, 2.75) is 0 Å². The number of carbonyl (C=O) groups excluding carboxylic acids is 2. The summed E-state index contributed by atoms with van der Waals surface area (Å²) < 4.78 is 11.0. The lowest BCUT2D eigenvalue weighted by molar-refractivity contribution is 0.0383. The Kier molecular flexibility index (Phi) is 8.97. The van der Waals surface area contributed by atoms with E-state index in [4.69, 9.17) is 21.1 Å². The van der Waals surface area contributed by atoms with Crippen molar-refractivity contribution < 1.29 is 19.1 Å². The van der Waals surface area contributed by atoms with Crippen LogP contribution in [0, 0.1) is 0 Å². The van der Waals surface area contributed by atoms with Gasteiger partial charge in [-0.1, -0.05) is 11.6 Å². The van der Waals surface area contributed by atoms with Gasteiger partial charge in [0.15, 0.2) is 0 Å². The zero-order valence-electron chi connectivity index (χ0n) is 17.8. The van der Waals surface area contributed by atoms with Gasteiger partial charge < -0.3 is 20.1 Å². The molecule has 170 valence electrons. The Labute approximate surface area is 191 Å². The van der Waals surface area contributed by atoms with Crippen LogP contribution in [0.15, 0.2) is 41.7 Å². The molecule has 2 N–H and O–H groups in total. The molecule has 1 aliphatic heterocycles. The van der Waals surface area contributed by atoms with Crippen LogP contribution in [-0.4, -0.2) is 81.0 Å². The molecule has 3 rings (SSSR count). The summed E-state index contributed by atoms with van der Waals surface area (Å²) in [7, 11) is 1.55. The van der Waals surface area contributed by atoms with Crippen LogP contribution < -0.4 is 15.4 Å². The molecular formula is C22H26ClN5O4. The number of aliphatic imine (C=N–C) groups is 1. The molecule has 2 aromatic rings. The van der Waals surface area contributed by atoms with E-state index < -0.39 is 0 Å². The van der Waals surface area contributed by atoms with Gasteiger partial charge in [0.05, 0.1) is 41.2 Å². The van der Waals surface area contributed by atoms with Gasteiger partial charge in [-0.3, -0.25) is 24.5 Å². The van der Waals surface area contributed by atoms with Crippen molar-refractivity contribution in [3.63, 3.8) is 0 Å². The Bertz CT molecular complexity index is 963. The molecular weight excluding hydrogens is 434 g/mol. The fourth-order valence-corrected chi connectivity index (χ4v) is 3.30. The molecule has 10 heteroatoms. The number of halogens is 1. The Hall–Kier alpha value is -3.01. The lowest BCUT2D eigenvalue weighted by Gasteiger charge is -2.26. The lowest BCUT2D eigenvalue weighted by atomic mass is 10.2. The first-order valence-electron chi connectivity index (χ1n) is 10.3. The number of aromatic nitrogens is 1. The molecule has 0 atom stereocenters. The molecule has 1 aliphatic rings. The zero-order valence-corrected chi connectivity index (χ0v) is 18.6. The van der Waals surface area contributed by atoms with Crippen LogP contribution in [0.3, 0.4) is 0 Å². The number of pyridine rings is 1. The number of carbonyl (C=O) groups is 2. The molecule has 2 amide bonds. The van der Waals surface area contributed by atoms with Crippen molar-refractivity contribution in [2.24, 2.45) is 4.99 Å². The molecule has 1 fully saturated rings. The van der Waals surface area contributed by atoms with Crippen LogP contribution in [0.25, 0.3) is 0 Å². The number of ether oxygens (including phenoxy) is 2. The summed E-state index contributed by atoms with van der Waals surface area (Å²) >= 11 is 6.21. The van der Waals surface area contributed by atoms with Gasteiger partial charge in [0.25, 0.3) is 11.8 Å². The van der Waals surface area contributed by atoms with E-state index >= 15 is 0 Å². The van der Waals surface area contributed by atoms with E-state index in [9.17, 15) is 9.59 Å². The van der Waals surface area contributed by atoms with Crippen molar-refractivity contribution in [1.29, 1.82) is 0 Å². The van der Waals surface area contributed by atoms with Crippen LogP contribution in [0.4, 0.5) is 5.69 Å². The Balaban J connectivity index is 1.53. The second-order valence-corrected chi connectivity index (χ2v) is 7.35. The van der Waals surface area contributed by atoms with E-state index in [1.807, 2.05) is 0 Å². The summed E-state index contributed by atoms with van der Waals surface area (Å²) in [5, 5.41) is 5.80. The fourth-order valence-electron chi connectivity index (χ4n) is 3.10. The van der Waals surface area contributed by atoms with Crippen molar-refractivity contribution in [1.82, 2.24) is 20.5 Å². The third kappa shape index (κ3) is 6.74. The van der Waals surface area contributed by atoms with Crippen molar-refractivity contribution in [3.05, 3.63) is 52.8 Å². The number of hydrogen-bond acceptors (Lipinski definition) is 7. The summed E-state index contributed by atoms with van der Waals surface area (Å²) in [5.74, 6) is -0.0210. The normalized spacial score (nSPS) is 14.3. The molecule has 1 saturated heterocycles. The smallest absolute Gasteiger partial charge is 0.253 e. The van der Waals surface area contributed by atoms with Gasteiger partial charge in [0.2, 0.25) is 0 Å². The largest absolute Gasteiger partial charge is 0.488 e. The Morgan fingerprint density at radius 3 is 2.84 bits per heavy atom. The Morgan fingerprint density at radius 2 is 2.06 bits per heavy atom. The number of amides is 2. The van der Waals surface area contributed by atoms with E-state index in [1.54, 1.807) is 31.3 Å². The molecule has 0 unspecified atom stereocenters. The highest BCUT2D eigenvalue weighted by molar-refractivity contribution is 6.33. The quantitative estimate of drug-likeness (QED) is 0.555. The minimum Gasteiger partial charge on any atom is -0.488 e. The van der Waals surface area contributed by atoms with E-state index in [0.717, 1.165) is 32.8 Å². The number of rotatable bonds is 9. The maximum absolute atomic E-state index is 12.5. The van der Waals surface area contributed by atoms with Crippen LogP contribution in [0.1, 0.15) is 20.7 Å². The van der Waals surface area contributed by atoms with Gasteiger partial charge in [-0.25, -0.2) is 0 Å². The summed E-state index contributed by atoms with van der Waals surface area (Å²) in [6.45, 7) is 4.59. The van der Waals surface area contributed by atoms with Crippen LogP contribution >= 0.6 is 11.6 Å². The highest BCUT2D eigenvalue weighted by Gasteiger charge is 2.14. The third-order valence-corrected chi connectivity index (χ3v) is 5.16. The topological polar surface area (TPSA) is 105 Å². The van der Waals surface area contributed by atoms with Gasteiger partial charge in [-0.05, 0) is 24.3 Å². The molecule has 1 aromatic carbocycles. The first kappa shape index (κ1) is 23.6. The molecule has 1 aromatic heterocycles. The molecule has 0 bridgehead atoms. The molecule has 0 spiro atoms. The minimum absolute atomic E-state index is 0.141. The number of hydrogen-bond donors (Lipinski definition) is 2. The van der Waals surface area contributed by atoms with Crippen LogP contribution in [0.5, 0.6) is 5.75 Å². The summed E-state index contributed by atoms with van der Waals surface area (Å²) in [4.78, 5) is 34.9. The standard InChI is InChI=1S/C22H26ClN5O4/c1-24-21(29)17-4-5-25-15-20(17)26-7-11-32-16-2-3-19(23)18(14-16)22(30)27-6-8-28-9-12-31-13-10-28/h2-5,7,14-15H,6,8-13H2,1H3,(H,24,29)(H,27,30)/b26-7+. The SMILES string of the molecule is CNC(=O)c1ccncc1/N=C/COc1ccc(Cl)c(C(=O)NCCN2CCOCC2)c1. The van der Waals surface area contributed by atoms with Gasteiger partial charge >= 0.3 is 0 Å². The summed E-state index contributed by atoms with van der Waals surface area (Å²) in [5.41, 5.74) is 1.20. The monoisotopic (exact) mass is 459 g/mol. The maximum Gasteiger partial charge on any atom is 0.253 e. The van der Waals surface area contributed by atoms with Crippen molar-refractivity contribution in [2.75, 3.05) is 53.0 Å². The zero-order chi connectivity index (χ0) is 22.8. The van der Waals surface area contributed by atoms with Gasteiger partial charge in [0.1, 0.15) is 12.4 Å². The van der Waals surface area contributed by atoms with Gasteiger partial charge in [-0.15, -0.1) is 0 Å². The van der Waals surface area contributed by atoms with Gasteiger partial charge in [-0.2, -0.15) is 0 Å². The molecule has 2 heterocycles. The fraction of sp³-hybridized carbons (Fsp3) is 0.364. The molecule has 32 heavy (non-hydrogen) atoms. The average Bonchev–Trinajstić information content (AvgIpc) is 2.83. The van der Waals surface area contributed by atoms with Crippen LogP contribution in [-0.2, 0) is 4.74 Å². The highest BCUT2D eigenvalue weighted by atomic mass is 35.5. The minimum atomic E-state index is -0.257. The third-order valence-electron chi connectivity index (χ3n) is 4.83. The predicted octanol–water partition coefficient (Wildman–Crippen LogP) is 1.94. The molecule has 9 nitrogen and oxygen atoms in total. The second-order valence-electron chi connectivity index (χ2n) is 6.95. The summed E-state index contributed by atoms with van der Waals surface area (Å²) in [6, 6.07) is 6.49. The van der Waals surface area contributed by atoms with E-state index in [1.165, 1.54) is 18.6 Å². The van der Waals surface area contributed by atoms with Crippen molar-refractivity contribution in [3.8, 4) is 5.75 Å². The first-order chi connectivity index (χ1) is 15.6. The number of morpholine rings is 1. The van der Waals surface area contributed by atoms with E-state index in [0.29, 0.717) is 34.1 Å². The highest BCUT2D eigenvalue weighted by Crippen LogP contribution is 2.22. The van der Waals surface area contributed by atoms with Crippen molar-refractivity contribution >= 4 is 35.3 Å². The summed E-state index contributed by atoms with van der Waals surface area (Å²) in [6.07, 6.45) is 4.56. The average molecular weight is 460 g/mol. The second kappa shape index (κ2) is 12.1. The molecule has 0 aliphatic carbocycles. The number of benzene rings is 1. The lowest BCUT2D eigenvalue weighted by Crippen LogP contribution is -2.41. The Morgan fingerprint density at radius 1 is 1.25 bits per heavy atom. The maximum atomic E-state index is 12.5.